The predicted octanol–water partition coefficient (Wildman–Crippen LogP) is 4.46. The maximum absolute atomic E-state index is 4.73. The van der Waals surface area contributed by atoms with Crippen molar-refractivity contribution < 1.29 is 0 Å². The Hall–Kier alpha value is -1.55. The molecular formula is C17H23N3S. The number of anilines is 1. The molecule has 21 heavy (non-hydrogen) atoms. The first-order valence-corrected chi connectivity index (χ1v) is 8.51. The van der Waals surface area contributed by atoms with Crippen LogP contribution in [0.4, 0.5) is 5.82 Å². The minimum Gasteiger partial charge on any atom is -0.370 e. The smallest absolute Gasteiger partial charge is 0.133 e. The van der Waals surface area contributed by atoms with Crippen molar-refractivity contribution in [3.05, 3.63) is 47.3 Å². The van der Waals surface area contributed by atoms with Gasteiger partial charge in [-0.25, -0.2) is 9.97 Å². The first-order chi connectivity index (χ1) is 10.2. The van der Waals surface area contributed by atoms with Crippen LogP contribution in [0.2, 0.25) is 0 Å². The van der Waals surface area contributed by atoms with Gasteiger partial charge in [0.25, 0.3) is 0 Å². The summed E-state index contributed by atoms with van der Waals surface area (Å²) < 4.78 is 0. The SMILES string of the molecule is CCCc1nc(NCC)c(C)c(SCc2ccccc2)n1. The van der Waals surface area contributed by atoms with Crippen molar-refractivity contribution in [1.29, 1.82) is 0 Å². The fourth-order valence-electron chi connectivity index (χ4n) is 2.08. The van der Waals surface area contributed by atoms with E-state index in [4.69, 9.17) is 4.98 Å². The van der Waals surface area contributed by atoms with Gasteiger partial charge in [-0.1, -0.05) is 37.3 Å². The zero-order valence-electron chi connectivity index (χ0n) is 13.0. The largest absolute Gasteiger partial charge is 0.370 e. The summed E-state index contributed by atoms with van der Waals surface area (Å²) in [6, 6.07) is 10.5. The number of aromatic nitrogens is 2. The molecule has 0 saturated heterocycles. The van der Waals surface area contributed by atoms with Gasteiger partial charge < -0.3 is 5.32 Å². The lowest BCUT2D eigenvalue weighted by atomic mass is 10.2. The molecule has 0 radical (unpaired) electrons. The fraction of sp³-hybridized carbons (Fsp3) is 0.412. The van der Waals surface area contributed by atoms with Gasteiger partial charge in [-0.3, -0.25) is 0 Å². The molecule has 0 amide bonds. The molecule has 112 valence electrons. The van der Waals surface area contributed by atoms with Gasteiger partial charge in [0, 0.05) is 24.3 Å². The molecule has 0 saturated carbocycles. The normalized spacial score (nSPS) is 10.6. The Kier molecular flexibility index (Phi) is 6.05. The number of hydrogen-bond acceptors (Lipinski definition) is 4. The van der Waals surface area contributed by atoms with E-state index >= 15 is 0 Å². The Morgan fingerprint density at radius 3 is 2.52 bits per heavy atom. The van der Waals surface area contributed by atoms with E-state index in [1.807, 2.05) is 6.07 Å². The number of benzene rings is 1. The molecule has 0 bridgehead atoms. The monoisotopic (exact) mass is 301 g/mol. The van der Waals surface area contributed by atoms with E-state index in [1.165, 1.54) is 5.56 Å². The fourth-order valence-corrected chi connectivity index (χ4v) is 3.06. The summed E-state index contributed by atoms with van der Waals surface area (Å²) in [6.45, 7) is 7.23. The molecule has 0 spiro atoms. The van der Waals surface area contributed by atoms with Crippen molar-refractivity contribution in [3.8, 4) is 0 Å². The van der Waals surface area contributed by atoms with Crippen LogP contribution in [0.15, 0.2) is 35.4 Å². The van der Waals surface area contributed by atoms with E-state index in [0.717, 1.165) is 47.4 Å². The van der Waals surface area contributed by atoms with Crippen LogP contribution < -0.4 is 5.32 Å². The van der Waals surface area contributed by atoms with Gasteiger partial charge in [-0.05, 0) is 25.8 Å². The Bertz CT molecular complexity index is 570. The summed E-state index contributed by atoms with van der Waals surface area (Å²) in [6.07, 6.45) is 2.00. The quantitative estimate of drug-likeness (QED) is 0.605. The summed E-state index contributed by atoms with van der Waals surface area (Å²) in [5.41, 5.74) is 2.47. The Morgan fingerprint density at radius 1 is 1.10 bits per heavy atom. The number of thioether (sulfide) groups is 1. The third-order valence-electron chi connectivity index (χ3n) is 3.18. The molecule has 2 rings (SSSR count). The van der Waals surface area contributed by atoms with Gasteiger partial charge >= 0.3 is 0 Å². The van der Waals surface area contributed by atoms with E-state index in [0.29, 0.717) is 0 Å². The molecule has 0 aliphatic heterocycles. The maximum Gasteiger partial charge on any atom is 0.133 e. The first-order valence-electron chi connectivity index (χ1n) is 7.52. The Labute approximate surface area is 131 Å². The average molecular weight is 301 g/mol. The lowest BCUT2D eigenvalue weighted by Crippen LogP contribution is -2.07. The summed E-state index contributed by atoms with van der Waals surface area (Å²) in [4.78, 5) is 9.36. The van der Waals surface area contributed by atoms with Crippen molar-refractivity contribution in [2.75, 3.05) is 11.9 Å². The highest BCUT2D eigenvalue weighted by Gasteiger charge is 2.11. The molecular weight excluding hydrogens is 278 g/mol. The molecule has 1 N–H and O–H groups in total. The Morgan fingerprint density at radius 2 is 1.86 bits per heavy atom. The van der Waals surface area contributed by atoms with E-state index in [-0.39, 0.29) is 0 Å². The highest BCUT2D eigenvalue weighted by atomic mass is 32.2. The van der Waals surface area contributed by atoms with E-state index in [9.17, 15) is 0 Å². The Balaban J connectivity index is 2.20. The summed E-state index contributed by atoms with van der Waals surface area (Å²) in [5, 5.41) is 4.44. The second kappa shape index (κ2) is 8.03. The molecule has 4 heteroatoms. The van der Waals surface area contributed by atoms with Gasteiger partial charge in [0.1, 0.15) is 16.7 Å². The summed E-state index contributed by atoms with van der Waals surface area (Å²) >= 11 is 1.79. The highest BCUT2D eigenvalue weighted by Crippen LogP contribution is 2.28. The summed E-state index contributed by atoms with van der Waals surface area (Å²) in [5.74, 6) is 2.86. The minimum atomic E-state index is 0.881. The zero-order valence-corrected chi connectivity index (χ0v) is 13.8. The third kappa shape index (κ3) is 4.46. The second-order valence-corrected chi connectivity index (χ2v) is 5.94. The molecule has 0 unspecified atom stereocenters. The van der Waals surface area contributed by atoms with Crippen LogP contribution in [0.3, 0.4) is 0 Å². The van der Waals surface area contributed by atoms with Crippen molar-refractivity contribution in [3.63, 3.8) is 0 Å². The zero-order chi connectivity index (χ0) is 15.1. The number of rotatable bonds is 7. The molecule has 1 aromatic carbocycles. The minimum absolute atomic E-state index is 0.881. The molecule has 2 aromatic rings. The van der Waals surface area contributed by atoms with Gasteiger partial charge in [0.2, 0.25) is 0 Å². The van der Waals surface area contributed by atoms with Crippen molar-refractivity contribution in [1.82, 2.24) is 9.97 Å². The lowest BCUT2D eigenvalue weighted by molar-refractivity contribution is 0.802. The number of hydrogen-bond donors (Lipinski definition) is 1. The standard InChI is InChI=1S/C17H23N3S/c1-4-9-15-19-16(18-5-2)13(3)17(20-15)21-12-14-10-7-6-8-11-14/h6-8,10-11H,4-5,9,12H2,1-3H3,(H,18,19,20). The van der Waals surface area contributed by atoms with E-state index < -0.39 is 0 Å². The number of aryl methyl sites for hydroxylation is 1. The van der Waals surface area contributed by atoms with Gasteiger partial charge in [-0.2, -0.15) is 0 Å². The van der Waals surface area contributed by atoms with Gasteiger partial charge in [-0.15, -0.1) is 11.8 Å². The predicted molar refractivity (Wildman–Crippen MR) is 90.9 cm³/mol. The highest BCUT2D eigenvalue weighted by molar-refractivity contribution is 7.98. The number of nitrogens with zero attached hydrogens (tertiary/aromatic N) is 2. The van der Waals surface area contributed by atoms with Crippen LogP contribution in [0.5, 0.6) is 0 Å². The molecule has 0 atom stereocenters. The van der Waals surface area contributed by atoms with Crippen molar-refractivity contribution >= 4 is 17.6 Å². The molecule has 1 heterocycles. The van der Waals surface area contributed by atoms with Crippen LogP contribution in [-0.4, -0.2) is 16.5 Å². The third-order valence-corrected chi connectivity index (χ3v) is 4.33. The second-order valence-electron chi connectivity index (χ2n) is 4.97. The van der Waals surface area contributed by atoms with Crippen LogP contribution in [0.25, 0.3) is 0 Å². The lowest BCUT2D eigenvalue weighted by Gasteiger charge is -2.12. The summed E-state index contributed by atoms with van der Waals surface area (Å²) in [7, 11) is 0. The average Bonchev–Trinajstić information content (AvgIpc) is 2.50. The van der Waals surface area contributed by atoms with Crippen LogP contribution >= 0.6 is 11.8 Å². The van der Waals surface area contributed by atoms with E-state index in [2.05, 4.69) is 55.3 Å². The molecule has 1 aromatic heterocycles. The van der Waals surface area contributed by atoms with Gasteiger partial charge in [0.15, 0.2) is 0 Å². The molecule has 0 aliphatic rings. The molecule has 0 aliphatic carbocycles. The molecule has 3 nitrogen and oxygen atoms in total. The van der Waals surface area contributed by atoms with E-state index in [1.54, 1.807) is 11.8 Å². The van der Waals surface area contributed by atoms with Crippen molar-refractivity contribution in [2.24, 2.45) is 0 Å². The first kappa shape index (κ1) is 15.8. The van der Waals surface area contributed by atoms with Crippen LogP contribution in [0.1, 0.15) is 37.2 Å². The number of nitrogens with one attached hydrogen (secondary N) is 1. The van der Waals surface area contributed by atoms with Crippen LogP contribution in [-0.2, 0) is 12.2 Å². The molecule has 0 fully saturated rings. The maximum atomic E-state index is 4.73. The topological polar surface area (TPSA) is 37.8 Å². The van der Waals surface area contributed by atoms with Gasteiger partial charge in [0.05, 0.1) is 0 Å². The van der Waals surface area contributed by atoms with Crippen LogP contribution in [0, 0.1) is 6.92 Å². The van der Waals surface area contributed by atoms with Crippen molar-refractivity contribution in [2.45, 2.75) is 44.4 Å².